The standard InChI is InChI=1S/C28H30F2N6O2/c1-5-38-28(37)25-17(3)33-36(18(25)4)24-13-22(31-15-32-24)12-23-16(2)26(34-35(23)14-19-6-7-19)20-8-10-21(11-9-20)27(29)30/h8-11,13,15,19,27H,5-7,12,14H2,1-4H3. The number of carbonyl (C=O) groups excluding carboxylic acids is 1. The third-order valence-corrected chi connectivity index (χ3v) is 6.93. The maximum atomic E-state index is 13.1. The van der Waals surface area contributed by atoms with Gasteiger partial charge in [-0.3, -0.25) is 4.68 Å². The summed E-state index contributed by atoms with van der Waals surface area (Å²) in [5.41, 5.74) is 6.03. The van der Waals surface area contributed by atoms with Crippen LogP contribution in [0.4, 0.5) is 8.78 Å². The van der Waals surface area contributed by atoms with Gasteiger partial charge in [-0.05, 0) is 52.0 Å². The summed E-state index contributed by atoms with van der Waals surface area (Å²) in [5.74, 6) is 0.746. The van der Waals surface area contributed by atoms with Crippen molar-refractivity contribution in [1.82, 2.24) is 29.5 Å². The van der Waals surface area contributed by atoms with E-state index in [2.05, 4.69) is 15.1 Å². The molecule has 0 aliphatic heterocycles. The lowest BCUT2D eigenvalue weighted by molar-refractivity contribution is 0.0524. The first-order valence-electron chi connectivity index (χ1n) is 12.8. The van der Waals surface area contributed by atoms with Crippen molar-refractivity contribution in [2.75, 3.05) is 6.61 Å². The second-order valence-electron chi connectivity index (χ2n) is 9.69. The molecule has 1 aliphatic carbocycles. The number of aromatic nitrogens is 6. The van der Waals surface area contributed by atoms with Gasteiger partial charge in [-0.2, -0.15) is 10.2 Å². The molecule has 0 spiro atoms. The number of ether oxygens (including phenoxy) is 1. The molecule has 3 aromatic heterocycles. The quantitative estimate of drug-likeness (QED) is 0.268. The van der Waals surface area contributed by atoms with Gasteiger partial charge in [-0.1, -0.05) is 24.3 Å². The molecule has 38 heavy (non-hydrogen) atoms. The Balaban J connectivity index is 1.48. The number of nitrogens with zero attached hydrogens (tertiary/aromatic N) is 6. The molecular weight excluding hydrogens is 490 g/mol. The second kappa shape index (κ2) is 10.4. The van der Waals surface area contributed by atoms with Crippen LogP contribution < -0.4 is 0 Å². The zero-order chi connectivity index (χ0) is 27.0. The van der Waals surface area contributed by atoms with Crippen molar-refractivity contribution in [3.63, 3.8) is 0 Å². The molecule has 198 valence electrons. The summed E-state index contributed by atoms with van der Waals surface area (Å²) in [7, 11) is 0. The predicted molar refractivity (Wildman–Crippen MR) is 137 cm³/mol. The Morgan fingerprint density at radius 3 is 2.50 bits per heavy atom. The second-order valence-corrected chi connectivity index (χ2v) is 9.69. The minimum absolute atomic E-state index is 0.00665. The van der Waals surface area contributed by atoms with E-state index in [-0.39, 0.29) is 12.2 Å². The van der Waals surface area contributed by atoms with Crippen LogP contribution in [0.3, 0.4) is 0 Å². The number of hydrogen-bond acceptors (Lipinski definition) is 6. The summed E-state index contributed by atoms with van der Waals surface area (Å²) in [6, 6.07) is 8.17. The minimum atomic E-state index is -2.50. The molecule has 10 heteroatoms. The van der Waals surface area contributed by atoms with Crippen molar-refractivity contribution < 1.29 is 18.3 Å². The van der Waals surface area contributed by atoms with E-state index in [1.165, 1.54) is 31.3 Å². The van der Waals surface area contributed by atoms with Gasteiger partial charge in [0.15, 0.2) is 5.82 Å². The summed E-state index contributed by atoms with van der Waals surface area (Å²) < 4.78 is 35.0. The summed E-state index contributed by atoms with van der Waals surface area (Å²) in [6.45, 7) is 8.46. The van der Waals surface area contributed by atoms with Crippen LogP contribution in [0.5, 0.6) is 0 Å². The van der Waals surface area contributed by atoms with Crippen molar-refractivity contribution in [2.24, 2.45) is 5.92 Å². The molecule has 5 rings (SSSR count). The maximum Gasteiger partial charge on any atom is 0.341 e. The number of benzene rings is 1. The van der Waals surface area contributed by atoms with E-state index in [1.54, 1.807) is 30.7 Å². The molecule has 0 saturated heterocycles. The third-order valence-electron chi connectivity index (χ3n) is 6.93. The lowest BCUT2D eigenvalue weighted by Gasteiger charge is -2.09. The topological polar surface area (TPSA) is 87.7 Å². The fourth-order valence-electron chi connectivity index (χ4n) is 4.70. The molecule has 0 bridgehead atoms. The van der Waals surface area contributed by atoms with Gasteiger partial charge in [0.25, 0.3) is 6.43 Å². The van der Waals surface area contributed by atoms with Gasteiger partial charge >= 0.3 is 5.97 Å². The SMILES string of the molecule is CCOC(=O)c1c(C)nn(-c2cc(Cc3c(C)c(-c4ccc(C(F)F)cc4)nn3CC3CC3)ncn2)c1C. The lowest BCUT2D eigenvalue weighted by atomic mass is 10.0. The van der Waals surface area contributed by atoms with E-state index in [0.29, 0.717) is 35.1 Å². The van der Waals surface area contributed by atoms with Gasteiger partial charge in [0.05, 0.1) is 29.4 Å². The van der Waals surface area contributed by atoms with Crippen molar-refractivity contribution in [3.05, 3.63) is 76.1 Å². The van der Waals surface area contributed by atoms with Crippen LogP contribution in [-0.2, 0) is 17.7 Å². The van der Waals surface area contributed by atoms with Crippen LogP contribution >= 0.6 is 0 Å². The molecule has 0 N–H and O–H groups in total. The van der Waals surface area contributed by atoms with Gasteiger partial charge in [-0.25, -0.2) is 28.2 Å². The van der Waals surface area contributed by atoms with Gasteiger partial charge < -0.3 is 4.74 Å². The Morgan fingerprint density at radius 1 is 1.11 bits per heavy atom. The van der Waals surface area contributed by atoms with E-state index >= 15 is 0 Å². The summed E-state index contributed by atoms with van der Waals surface area (Å²) >= 11 is 0. The van der Waals surface area contributed by atoms with Crippen molar-refractivity contribution >= 4 is 5.97 Å². The first-order chi connectivity index (χ1) is 18.3. The van der Waals surface area contributed by atoms with Crippen LogP contribution in [0.1, 0.15) is 70.5 Å². The monoisotopic (exact) mass is 520 g/mol. The Morgan fingerprint density at radius 2 is 1.84 bits per heavy atom. The molecule has 3 heterocycles. The molecule has 0 atom stereocenters. The predicted octanol–water partition coefficient (Wildman–Crippen LogP) is 5.57. The van der Waals surface area contributed by atoms with E-state index < -0.39 is 12.4 Å². The maximum absolute atomic E-state index is 13.1. The molecule has 4 aromatic rings. The molecule has 8 nitrogen and oxygen atoms in total. The Labute approximate surface area is 219 Å². The van der Waals surface area contributed by atoms with Crippen LogP contribution in [0, 0.1) is 26.7 Å². The van der Waals surface area contributed by atoms with Gasteiger partial charge in [-0.15, -0.1) is 0 Å². The highest BCUT2D eigenvalue weighted by atomic mass is 19.3. The highest BCUT2D eigenvalue weighted by Gasteiger charge is 2.26. The molecule has 0 unspecified atom stereocenters. The number of esters is 1. The Kier molecular flexibility index (Phi) is 7.05. The Hall–Kier alpha value is -3.95. The van der Waals surface area contributed by atoms with E-state index in [0.717, 1.165) is 34.8 Å². The average molecular weight is 521 g/mol. The highest BCUT2D eigenvalue weighted by molar-refractivity contribution is 5.92. The number of halogens is 2. The highest BCUT2D eigenvalue weighted by Crippen LogP contribution is 2.34. The van der Waals surface area contributed by atoms with Crippen molar-refractivity contribution in [3.8, 4) is 17.1 Å². The summed E-state index contributed by atoms with van der Waals surface area (Å²) in [5, 5.41) is 9.43. The fraction of sp³-hybridized carbons (Fsp3) is 0.393. The van der Waals surface area contributed by atoms with Crippen LogP contribution in [-0.4, -0.2) is 42.1 Å². The number of rotatable bonds is 9. The average Bonchev–Trinajstić information content (AvgIpc) is 3.60. The normalized spacial score (nSPS) is 13.3. The molecule has 1 fully saturated rings. The molecule has 1 aliphatic rings. The number of carbonyl (C=O) groups is 1. The van der Waals surface area contributed by atoms with Gasteiger partial charge in [0.2, 0.25) is 0 Å². The number of aryl methyl sites for hydroxylation is 1. The van der Waals surface area contributed by atoms with Gasteiger partial charge in [0, 0.05) is 35.9 Å². The van der Waals surface area contributed by atoms with Gasteiger partial charge in [0.1, 0.15) is 11.9 Å². The third kappa shape index (κ3) is 5.07. The zero-order valence-electron chi connectivity index (χ0n) is 21.9. The van der Waals surface area contributed by atoms with E-state index in [1.807, 2.05) is 24.6 Å². The van der Waals surface area contributed by atoms with Crippen molar-refractivity contribution in [1.29, 1.82) is 0 Å². The largest absolute Gasteiger partial charge is 0.462 e. The molecule has 1 saturated carbocycles. The summed E-state index contributed by atoms with van der Waals surface area (Å²) in [6.07, 6.45) is 1.85. The summed E-state index contributed by atoms with van der Waals surface area (Å²) in [4.78, 5) is 21.3. The van der Waals surface area contributed by atoms with E-state index in [9.17, 15) is 13.6 Å². The van der Waals surface area contributed by atoms with Crippen molar-refractivity contribution in [2.45, 2.75) is 59.9 Å². The first-order valence-corrected chi connectivity index (χ1v) is 12.8. The first kappa shape index (κ1) is 25.7. The smallest absolute Gasteiger partial charge is 0.341 e. The number of hydrogen-bond donors (Lipinski definition) is 0. The molecule has 0 amide bonds. The minimum Gasteiger partial charge on any atom is -0.462 e. The molecule has 0 radical (unpaired) electrons. The Bertz CT molecular complexity index is 1470. The zero-order valence-corrected chi connectivity index (χ0v) is 21.9. The lowest BCUT2D eigenvalue weighted by Crippen LogP contribution is -2.10. The molecular formula is C28H30F2N6O2. The fourth-order valence-corrected chi connectivity index (χ4v) is 4.70. The number of alkyl halides is 2. The van der Waals surface area contributed by atoms with E-state index in [4.69, 9.17) is 9.84 Å². The van der Waals surface area contributed by atoms with Crippen LogP contribution in [0.25, 0.3) is 17.1 Å². The van der Waals surface area contributed by atoms with Crippen LogP contribution in [0.2, 0.25) is 0 Å². The molecule has 1 aromatic carbocycles. The van der Waals surface area contributed by atoms with Crippen LogP contribution in [0.15, 0.2) is 36.7 Å².